The molecule has 0 saturated heterocycles. The second kappa shape index (κ2) is 8.89. The second-order valence-electron chi connectivity index (χ2n) is 6.69. The van der Waals surface area contributed by atoms with Gasteiger partial charge >= 0.3 is 0 Å². The van der Waals surface area contributed by atoms with Crippen molar-refractivity contribution in [3.63, 3.8) is 0 Å². The zero-order valence-corrected chi connectivity index (χ0v) is 17.3. The van der Waals surface area contributed by atoms with E-state index in [0.29, 0.717) is 23.7 Å². The van der Waals surface area contributed by atoms with Crippen molar-refractivity contribution in [1.82, 2.24) is 10.3 Å². The Morgan fingerprint density at radius 1 is 1.18 bits per heavy atom. The molecule has 28 heavy (non-hydrogen) atoms. The normalized spacial score (nSPS) is 11.7. The highest BCUT2D eigenvalue weighted by Crippen LogP contribution is 2.29. The fourth-order valence-corrected chi connectivity index (χ4v) is 3.52. The average molecular weight is 397 g/mol. The van der Waals surface area contributed by atoms with Gasteiger partial charge in [-0.2, -0.15) is 0 Å². The van der Waals surface area contributed by atoms with Gasteiger partial charge < -0.3 is 14.8 Å². The lowest BCUT2D eigenvalue weighted by Gasteiger charge is -2.18. The van der Waals surface area contributed by atoms with E-state index in [2.05, 4.69) is 35.4 Å². The van der Waals surface area contributed by atoms with E-state index in [1.165, 1.54) is 16.9 Å². The van der Waals surface area contributed by atoms with Gasteiger partial charge in [0.25, 0.3) is 5.91 Å². The molecule has 3 rings (SSSR count). The number of benzene rings is 2. The first-order valence-electron chi connectivity index (χ1n) is 9.04. The molecule has 1 atom stereocenters. The summed E-state index contributed by atoms with van der Waals surface area (Å²) < 4.78 is 11.2. The second-order valence-corrected chi connectivity index (χ2v) is 7.41. The van der Waals surface area contributed by atoms with Crippen LogP contribution < -0.4 is 14.8 Å². The number of nitrogens with zero attached hydrogens (tertiary/aromatic N) is 1. The number of thiazole rings is 1. The average Bonchev–Trinajstić information content (AvgIpc) is 3.21. The Balaban J connectivity index is 1.71. The molecule has 0 aliphatic rings. The molecule has 3 aromatic rings. The van der Waals surface area contributed by atoms with Gasteiger partial charge in [0, 0.05) is 10.9 Å². The summed E-state index contributed by atoms with van der Waals surface area (Å²) in [5.74, 6) is 0.939. The maximum absolute atomic E-state index is 12.7. The molecular formula is C22H24N2O3S. The highest BCUT2D eigenvalue weighted by molar-refractivity contribution is 7.07. The van der Waals surface area contributed by atoms with Crippen LogP contribution in [0.25, 0.3) is 0 Å². The summed E-state index contributed by atoms with van der Waals surface area (Å²) in [4.78, 5) is 16.9. The molecule has 1 heterocycles. The van der Waals surface area contributed by atoms with Crippen molar-refractivity contribution in [2.45, 2.75) is 33.4 Å². The van der Waals surface area contributed by atoms with Gasteiger partial charge in [0.1, 0.15) is 6.61 Å². The largest absolute Gasteiger partial charge is 0.493 e. The lowest BCUT2D eigenvalue weighted by molar-refractivity contribution is 0.0939. The monoisotopic (exact) mass is 396 g/mol. The quantitative estimate of drug-likeness (QED) is 0.621. The number of rotatable bonds is 7. The standard InChI is InChI=1S/C22H24N2O3S/c1-14-5-6-15(2)19(9-14)16(3)24-22(25)17-7-8-20(21(10-17)26-4)27-11-18-12-28-13-23-18/h5-10,12-13,16H,11H2,1-4H3,(H,24,25). The van der Waals surface area contributed by atoms with E-state index in [9.17, 15) is 4.79 Å². The van der Waals surface area contributed by atoms with E-state index in [4.69, 9.17) is 9.47 Å². The number of carbonyl (C=O) groups is 1. The van der Waals surface area contributed by atoms with Crippen molar-refractivity contribution in [2.75, 3.05) is 7.11 Å². The van der Waals surface area contributed by atoms with Crippen LogP contribution in [-0.2, 0) is 6.61 Å². The minimum absolute atomic E-state index is 0.0982. The van der Waals surface area contributed by atoms with Crippen LogP contribution in [0.4, 0.5) is 0 Å². The number of carbonyl (C=O) groups excluding carboxylic acids is 1. The van der Waals surface area contributed by atoms with E-state index in [0.717, 1.165) is 16.8 Å². The molecule has 0 radical (unpaired) electrons. The molecule has 0 aliphatic carbocycles. The minimum Gasteiger partial charge on any atom is -0.493 e. The number of aryl methyl sites for hydroxylation is 2. The van der Waals surface area contributed by atoms with Crippen LogP contribution in [-0.4, -0.2) is 18.0 Å². The molecule has 1 N–H and O–H groups in total. The van der Waals surface area contributed by atoms with Gasteiger partial charge in [-0.1, -0.05) is 23.8 Å². The highest BCUT2D eigenvalue weighted by atomic mass is 32.1. The Bertz CT molecular complexity index is 954. The molecule has 0 saturated carbocycles. The Morgan fingerprint density at radius 2 is 2.00 bits per heavy atom. The van der Waals surface area contributed by atoms with Crippen LogP contribution in [0, 0.1) is 13.8 Å². The SMILES string of the molecule is COc1cc(C(=O)NC(C)c2cc(C)ccc2C)ccc1OCc1cscn1. The number of aromatic nitrogens is 1. The summed E-state index contributed by atoms with van der Waals surface area (Å²) in [6.45, 7) is 6.44. The van der Waals surface area contributed by atoms with E-state index >= 15 is 0 Å². The Kier molecular flexibility index (Phi) is 6.31. The first-order valence-corrected chi connectivity index (χ1v) is 9.98. The molecular weight excluding hydrogens is 372 g/mol. The third kappa shape index (κ3) is 4.70. The van der Waals surface area contributed by atoms with Crippen molar-refractivity contribution in [3.05, 3.63) is 75.2 Å². The van der Waals surface area contributed by atoms with Gasteiger partial charge in [-0.25, -0.2) is 4.98 Å². The zero-order valence-electron chi connectivity index (χ0n) is 16.5. The van der Waals surface area contributed by atoms with Crippen molar-refractivity contribution in [2.24, 2.45) is 0 Å². The first-order chi connectivity index (χ1) is 13.5. The van der Waals surface area contributed by atoms with E-state index in [1.807, 2.05) is 19.2 Å². The van der Waals surface area contributed by atoms with Crippen LogP contribution in [0.2, 0.25) is 0 Å². The molecule has 1 unspecified atom stereocenters. The summed E-state index contributed by atoms with van der Waals surface area (Å²) in [6.07, 6.45) is 0. The summed E-state index contributed by atoms with van der Waals surface area (Å²) in [6, 6.07) is 11.3. The Labute approximate surface area is 169 Å². The van der Waals surface area contributed by atoms with Crippen molar-refractivity contribution >= 4 is 17.2 Å². The minimum atomic E-state index is -0.155. The zero-order chi connectivity index (χ0) is 20.1. The molecule has 0 spiro atoms. The molecule has 1 aromatic heterocycles. The third-order valence-electron chi connectivity index (χ3n) is 4.53. The van der Waals surface area contributed by atoms with Gasteiger partial charge in [0.05, 0.1) is 24.4 Å². The Morgan fingerprint density at radius 3 is 2.71 bits per heavy atom. The maximum Gasteiger partial charge on any atom is 0.251 e. The fourth-order valence-electron chi connectivity index (χ4n) is 2.97. The summed E-state index contributed by atoms with van der Waals surface area (Å²) >= 11 is 1.52. The van der Waals surface area contributed by atoms with Crippen molar-refractivity contribution in [1.29, 1.82) is 0 Å². The molecule has 6 heteroatoms. The third-order valence-corrected chi connectivity index (χ3v) is 5.17. The maximum atomic E-state index is 12.7. The van der Waals surface area contributed by atoms with Gasteiger partial charge in [-0.3, -0.25) is 4.79 Å². The molecule has 146 valence electrons. The lowest BCUT2D eigenvalue weighted by Crippen LogP contribution is -2.27. The number of nitrogens with one attached hydrogen (secondary N) is 1. The predicted octanol–water partition coefficient (Wildman–Crippen LogP) is 4.84. The van der Waals surface area contributed by atoms with Crippen LogP contribution in [0.1, 0.15) is 45.7 Å². The number of methoxy groups -OCH3 is 1. The highest BCUT2D eigenvalue weighted by Gasteiger charge is 2.16. The Hall–Kier alpha value is -2.86. The van der Waals surface area contributed by atoms with Crippen LogP contribution in [0.5, 0.6) is 11.5 Å². The van der Waals surface area contributed by atoms with Gasteiger partial charge in [0.15, 0.2) is 11.5 Å². The predicted molar refractivity (Wildman–Crippen MR) is 111 cm³/mol. The van der Waals surface area contributed by atoms with E-state index in [1.54, 1.807) is 30.8 Å². The van der Waals surface area contributed by atoms with Gasteiger partial charge in [0.2, 0.25) is 0 Å². The smallest absolute Gasteiger partial charge is 0.251 e. The molecule has 5 nitrogen and oxygen atoms in total. The van der Waals surface area contributed by atoms with Crippen molar-refractivity contribution < 1.29 is 14.3 Å². The molecule has 0 fully saturated rings. The van der Waals surface area contributed by atoms with Gasteiger partial charge in [-0.05, 0) is 50.1 Å². The van der Waals surface area contributed by atoms with Gasteiger partial charge in [-0.15, -0.1) is 11.3 Å². The van der Waals surface area contributed by atoms with E-state index < -0.39 is 0 Å². The summed E-state index contributed by atoms with van der Waals surface area (Å²) in [5, 5.41) is 5.00. The van der Waals surface area contributed by atoms with Crippen LogP contribution >= 0.6 is 11.3 Å². The summed E-state index contributed by atoms with van der Waals surface area (Å²) in [7, 11) is 1.56. The number of ether oxygens (including phenoxy) is 2. The van der Waals surface area contributed by atoms with Crippen LogP contribution in [0.15, 0.2) is 47.3 Å². The fraction of sp³-hybridized carbons (Fsp3) is 0.273. The molecule has 2 aromatic carbocycles. The molecule has 0 bridgehead atoms. The first kappa shape index (κ1) is 19.9. The summed E-state index contributed by atoms with van der Waals surface area (Å²) in [5.41, 5.74) is 6.59. The molecule has 0 aliphatic heterocycles. The number of amides is 1. The van der Waals surface area contributed by atoms with Crippen LogP contribution in [0.3, 0.4) is 0 Å². The topological polar surface area (TPSA) is 60.5 Å². The molecule has 1 amide bonds. The number of hydrogen-bond donors (Lipinski definition) is 1. The lowest BCUT2D eigenvalue weighted by atomic mass is 9.99. The van der Waals surface area contributed by atoms with E-state index in [-0.39, 0.29) is 11.9 Å². The number of hydrogen-bond acceptors (Lipinski definition) is 5. The van der Waals surface area contributed by atoms with Crippen molar-refractivity contribution in [3.8, 4) is 11.5 Å².